The summed E-state index contributed by atoms with van der Waals surface area (Å²) >= 11 is 3.52. The van der Waals surface area contributed by atoms with E-state index in [1.165, 1.54) is 12.8 Å². The number of hydrogen-bond acceptors (Lipinski definition) is 3. The van der Waals surface area contributed by atoms with Gasteiger partial charge in [-0.15, -0.1) is 0 Å². The Hall–Kier alpha value is -0.840. The maximum Gasteiger partial charge on any atom is 0.310 e. The highest BCUT2D eigenvalue weighted by atomic mass is 79.9. The number of aromatic nitrogens is 2. The topological polar surface area (TPSA) is 44.1 Å². The third kappa shape index (κ3) is 2.32. The van der Waals surface area contributed by atoms with Crippen molar-refractivity contribution in [3.05, 3.63) is 16.1 Å². The molecular weight excluding hydrogens is 296 g/mol. The van der Waals surface area contributed by atoms with E-state index in [-0.39, 0.29) is 17.3 Å². The zero-order chi connectivity index (χ0) is 13.5. The Morgan fingerprint density at radius 3 is 2.72 bits per heavy atom. The highest BCUT2D eigenvalue weighted by Gasteiger charge is 2.32. The number of imidazole rings is 1. The molecule has 1 unspecified atom stereocenters. The molecule has 0 aromatic carbocycles. The van der Waals surface area contributed by atoms with Crippen LogP contribution in [0.3, 0.4) is 0 Å². The summed E-state index contributed by atoms with van der Waals surface area (Å²) in [6.07, 6.45) is 1.70. The molecule has 0 fully saturated rings. The van der Waals surface area contributed by atoms with Crippen molar-refractivity contribution in [1.82, 2.24) is 9.55 Å². The number of nitrogens with zero attached hydrogens (tertiary/aromatic N) is 2. The number of esters is 1. The molecule has 18 heavy (non-hydrogen) atoms. The van der Waals surface area contributed by atoms with Gasteiger partial charge in [0.2, 0.25) is 0 Å². The van der Waals surface area contributed by atoms with E-state index in [4.69, 9.17) is 4.74 Å². The highest BCUT2D eigenvalue weighted by molar-refractivity contribution is 9.10. The fourth-order valence-electron chi connectivity index (χ4n) is 2.45. The van der Waals surface area contributed by atoms with Crippen LogP contribution >= 0.6 is 15.9 Å². The van der Waals surface area contributed by atoms with Crippen molar-refractivity contribution >= 4 is 21.9 Å². The van der Waals surface area contributed by atoms with Crippen LogP contribution in [-0.2, 0) is 27.9 Å². The predicted octanol–water partition coefficient (Wildman–Crippen LogP) is 2.68. The molecule has 2 rings (SSSR count). The summed E-state index contributed by atoms with van der Waals surface area (Å²) in [5, 5.41) is 0. The van der Waals surface area contributed by atoms with E-state index in [1.54, 1.807) is 0 Å². The molecule has 0 radical (unpaired) electrons. The summed E-state index contributed by atoms with van der Waals surface area (Å²) in [4.78, 5) is 16.3. The molecule has 0 amide bonds. The molecule has 1 aliphatic rings. The van der Waals surface area contributed by atoms with Gasteiger partial charge in [-0.2, -0.15) is 0 Å². The smallest absolute Gasteiger partial charge is 0.310 e. The third-order valence-electron chi connectivity index (χ3n) is 3.36. The Balaban J connectivity index is 2.38. The molecule has 1 aromatic heterocycles. The molecular formula is C13H19BrN2O2. The molecule has 0 spiro atoms. The van der Waals surface area contributed by atoms with Gasteiger partial charge in [-0.25, -0.2) is 4.98 Å². The average Bonchev–Trinajstić information content (AvgIpc) is 2.65. The lowest BCUT2D eigenvalue weighted by Gasteiger charge is -2.27. The van der Waals surface area contributed by atoms with Gasteiger partial charge in [0.1, 0.15) is 10.4 Å². The van der Waals surface area contributed by atoms with E-state index < -0.39 is 0 Å². The summed E-state index contributed by atoms with van der Waals surface area (Å²) < 4.78 is 7.94. The van der Waals surface area contributed by atoms with E-state index in [1.807, 2.05) is 0 Å². The van der Waals surface area contributed by atoms with Crippen LogP contribution in [0.15, 0.2) is 4.60 Å². The summed E-state index contributed by atoms with van der Waals surface area (Å²) in [5.41, 5.74) is 1.17. The lowest BCUT2D eigenvalue weighted by Crippen LogP contribution is -2.31. The molecule has 0 saturated carbocycles. The van der Waals surface area contributed by atoms with Gasteiger partial charge >= 0.3 is 5.97 Å². The Labute approximate surface area is 116 Å². The first-order valence-electron chi connectivity index (χ1n) is 6.17. The molecule has 0 aliphatic carbocycles. The number of halogens is 1. The van der Waals surface area contributed by atoms with Gasteiger partial charge in [-0.3, -0.25) is 4.79 Å². The maximum absolute atomic E-state index is 11.7. The number of methoxy groups -OCH3 is 1. The lowest BCUT2D eigenvalue weighted by molar-refractivity contribution is -0.146. The molecule has 0 N–H and O–H groups in total. The monoisotopic (exact) mass is 314 g/mol. The minimum atomic E-state index is -0.120. The van der Waals surface area contributed by atoms with Gasteiger partial charge in [0.05, 0.1) is 18.7 Å². The van der Waals surface area contributed by atoms with Gasteiger partial charge in [0.15, 0.2) is 0 Å². The van der Waals surface area contributed by atoms with Crippen LogP contribution in [-0.4, -0.2) is 22.6 Å². The largest absolute Gasteiger partial charge is 0.469 e. The van der Waals surface area contributed by atoms with Crippen molar-refractivity contribution in [2.75, 3.05) is 7.11 Å². The number of ether oxygens (including phenoxy) is 1. The van der Waals surface area contributed by atoms with Crippen molar-refractivity contribution in [2.45, 2.75) is 45.6 Å². The van der Waals surface area contributed by atoms with Crippen LogP contribution in [0, 0.1) is 5.92 Å². The van der Waals surface area contributed by atoms with E-state index in [0.29, 0.717) is 6.54 Å². The van der Waals surface area contributed by atoms with Gasteiger partial charge in [0.25, 0.3) is 0 Å². The van der Waals surface area contributed by atoms with Gasteiger partial charge in [0, 0.05) is 12.0 Å². The molecule has 2 heterocycles. The number of carbonyl (C=O) groups excluding carboxylic acids is 1. The highest BCUT2D eigenvalue weighted by Crippen LogP contribution is 2.33. The van der Waals surface area contributed by atoms with Crippen LogP contribution in [0.5, 0.6) is 0 Å². The van der Waals surface area contributed by atoms with Crippen molar-refractivity contribution in [3.63, 3.8) is 0 Å². The Morgan fingerprint density at radius 1 is 1.50 bits per heavy atom. The molecule has 4 nitrogen and oxygen atoms in total. The first kappa shape index (κ1) is 13.6. The third-order valence-corrected chi connectivity index (χ3v) is 4.00. The van der Waals surface area contributed by atoms with Gasteiger partial charge in [-0.05, 0) is 28.8 Å². The van der Waals surface area contributed by atoms with Crippen LogP contribution in [0.25, 0.3) is 0 Å². The van der Waals surface area contributed by atoms with Crippen LogP contribution in [0.4, 0.5) is 0 Å². The molecule has 0 bridgehead atoms. The van der Waals surface area contributed by atoms with Crippen molar-refractivity contribution < 1.29 is 9.53 Å². The zero-order valence-electron chi connectivity index (χ0n) is 11.3. The Bertz CT molecular complexity index is 474. The van der Waals surface area contributed by atoms with E-state index in [2.05, 4.69) is 46.3 Å². The fraction of sp³-hybridized carbons (Fsp3) is 0.692. The second kappa shape index (κ2) is 4.68. The normalized spacial score (nSPS) is 19.5. The lowest BCUT2D eigenvalue weighted by atomic mass is 9.93. The van der Waals surface area contributed by atoms with Crippen molar-refractivity contribution in [2.24, 2.45) is 5.92 Å². The number of carbonyl (C=O) groups is 1. The first-order valence-corrected chi connectivity index (χ1v) is 6.97. The summed E-state index contributed by atoms with van der Waals surface area (Å²) in [7, 11) is 1.45. The van der Waals surface area contributed by atoms with Crippen LogP contribution < -0.4 is 0 Å². The SMILES string of the molecule is COC(=O)C1CCc2c(Br)nc(C(C)(C)C)n2C1. The summed E-state index contributed by atoms with van der Waals surface area (Å²) in [6, 6.07) is 0. The molecule has 5 heteroatoms. The minimum Gasteiger partial charge on any atom is -0.469 e. The van der Waals surface area contributed by atoms with Crippen molar-refractivity contribution in [1.29, 1.82) is 0 Å². The molecule has 1 aliphatic heterocycles. The van der Waals surface area contributed by atoms with E-state index in [9.17, 15) is 4.79 Å². The predicted molar refractivity (Wildman–Crippen MR) is 72.5 cm³/mol. The minimum absolute atomic E-state index is 0.0290. The number of rotatable bonds is 1. The average molecular weight is 315 g/mol. The Morgan fingerprint density at radius 2 is 2.17 bits per heavy atom. The number of fused-ring (bicyclic) bond motifs is 1. The van der Waals surface area contributed by atoms with Crippen LogP contribution in [0.1, 0.15) is 38.7 Å². The molecule has 1 aromatic rings. The number of hydrogen-bond donors (Lipinski definition) is 0. The standard InChI is InChI=1S/C13H19BrN2O2/c1-13(2,3)12-15-10(14)9-6-5-8(7-16(9)12)11(17)18-4/h8H,5-7H2,1-4H3. The van der Waals surface area contributed by atoms with Crippen LogP contribution in [0.2, 0.25) is 0 Å². The maximum atomic E-state index is 11.7. The summed E-state index contributed by atoms with van der Waals surface area (Å²) in [6.45, 7) is 7.08. The molecule has 0 saturated heterocycles. The molecule has 1 atom stereocenters. The quantitative estimate of drug-likeness (QED) is 0.749. The first-order chi connectivity index (χ1) is 8.34. The van der Waals surface area contributed by atoms with Crippen molar-refractivity contribution in [3.8, 4) is 0 Å². The van der Waals surface area contributed by atoms with E-state index in [0.717, 1.165) is 23.3 Å². The Kier molecular flexibility index (Phi) is 3.54. The second-order valence-electron chi connectivity index (χ2n) is 5.79. The fourth-order valence-corrected chi connectivity index (χ4v) is 3.03. The zero-order valence-corrected chi connectivity index (χ0v) is 12.9. The second-order valence-corrected chi connectivity index (χ2v) is 6.54. The molecule has 100 valence electrons. The van der Waals surface area contributed by atoms with E-state index >= 15 is 0 Å². The van der Waals surface area contributed by atoms with Gasteiger partial charge in [-0.1, -0.05) is 20.8 Å². The summed E-state index contributed by atoms with van der Waals surface area (Å²) in [5.74, 6) is 0.855. The van der Waals surface area contributed by atoms with Gasteiger partial charge < -0.3 is 9.30 Å².